The van der Waals surface area contributed by atoms with Gasteiger partial charge in [-0.25, -0.2) is 9.59 Å². The minimum Gasteiger partial charge on any atom is -0.488 e. The highest BCUT2D eigenvalue weighted by Crippen LogP contribution is 2.29. The maximum absolute atomic E-state index is 9.55. The van der Waals surface area contributed by atoms with Gasteiger partial charge < -0.3 is 20.3 Å². The van der Waals surface area contributed by atoms with Gasteiger partial charge in [0.1, 0.15) is 11.9 Å². The van der Waals surface area contributed by atoms with Crippen molar-refractivity contribution < 1.29 is 24.5 Å². The molecule has 0 spiro atoms. The molecule has 0 aliphatic carbocycles. The Labute approximate surface area is 177 Å². The number of carbonyl (C=O) groups is 2. The Morgan fingerprint density at radius 3 is 2.43 bits per heavy atom. The average molecular weight is 446 g/mol. The van der Waals surface area contributed by atoms with Crippen LogP contribution in [0, 0.1) is 0 Å². The third-order valence-electron chi connectivity index (χ3n) is 3.28. The maximum atomic E-state index is 9.55. The van der Waals surface area contributed by atoms with Crippen LogP contribution in [0.1, 0.15) is 11.3 Å². The van der Waals surface area contributed by atoms with Crippen LogP contribution in [0.15, 0.2) is 47.9 Å². The number of rotatable bonds is 9. The van der Waals surface area contributed by atoms with Crippen molar-refractivity contribution in [1.29, 1.82) is 0 Å². The highest BCUT2D eigenvalue weighted by Gasteiger charge is 2.14. The standard InChI is InChI=1S/C15H17Cl2NOS.C4H4O4/c1-18-7-6-12(10-13-3-2-8-20-13)19-15-9-11(16)4-5-14(15)17;5-3(6)1-2-4(7)8/h2-5,8-9,12,18H,6-7,10H2,1H3;1-2H,(H,5,6)(H,7,8)/b;2-1+. The molecule has 1 atom stereocenters. The molecular weight excluding hydrogens is 425 g/mol. The number of carboxylic acid groups (broad SMARTS) is 2. The van der Waals surface area contributed by atoms with E-state index >= 15 is 0 Å². The van der Waals surface area contributed by atoms with E-state index in [4.69, 9.17) is 38.2 Å². The Morgan fingerprint density at radius 1 is 1.21 bits per heavy atom. The van der Waals surface area contributed by atoms with Gasteiger partial charge in [0.2, 0.25) is 0 Å². The molecule has 1 aromatic carbocycles. The van der Waals surface area contributed by atoms with Crippen LogP contribution in [-0.4, -0.2) is 41.8 Å². The van der Waals surface area contributed by atoms with Crippen molar-refractivity contribution in [2.24, 2.45) is 0 Å². The van der Waals surface area contributed by atoms with Crippen LogP contribution in [0.25, 0.3) is 0 Å². The number of thiophene rings is 1. The summed E-state index contributed by atoms with van der Waals surface area (Å²) < 4.78 is 6.05. The Bertz CT molecular complexity index is 765. The summed E-state index contributed by atoms with van der Waals surface area (Å²) >= 11 is 13.9. The molecule has 0 fully saturated rings. The number of carboxylic acids is 2. The van der Waals surface area contributed by atoms with E-state index in [-0.39, 0.29) is 6.10 Å². The Kier molecular flexibility index (Phi) is 11.3. The highest BCUT2D eigenvalue weighted by molar-refractivity contribution is 7.09. The van der Waals surface area contributed by atoms with Crippen molar-refractivity contribution >= 4 is 46.5 Å². The third-order valence-corrected chi connectivity index (χ3v) is 4.73. The number of benzene rings is 1. The van der Waals surface area contributed by atoms with Gasteiger partial charge in [0, 0.05) is 34.5 Å². The normalized spacial score (nSPS) is 11.5. The van der Waals surface area contributed by atoms with Gasteiger partial charge in [-0.05, 0) is 43.6 Å². The van der Waals surface area contributed by atoms with Crippen LogP contribution in [0.2, 0.25) is 10.0 Å². The minimum atomic E-state index is -1.26. The topological polar surface area (TPSA) is 95.9 Å². The number of hydrogen-bond acceptors (Lipinski definition) is 5. The quantitative estimate of drug-likeness (QED) is 0.496. The van der Waals surface area contributed by atoms with Crippen LogP contribution in [0.3, 0.4) is 0 Å². The lowest BCUT2D eigenvalue weighted by molar-refractivity contribution is -0.134. The largest absolute Gasteiger partial charge is 0.488 e. The van der Waals surface area contributed by atoms with Gasteiger partial charge >= 0.3 is 11.9 Å². The molecule has 1 heterocycles. The molecule has 2 aromatic rings. The van der Waals surface area contributed by atoms with Crippen molar-refractivity contribution in [3.05, 3.63) is 62.8 Å². The predicted octanol–water partition coefficient (Wildman–Crippen LogP) is 4.37. The van der Waals surface area contributed by atoms with Gasteiger partial charge in [-0.1, -0.05) is 29.3 Å². The fraction of sp³-hybridized carbons (Fsp3) is 0.263. The van der Waals surface area contributed by atoms with Crippen LogP contribution in [-0.2, 0) is 16.0 Å². The summed E-state index contributed by atoms with van der Waals surface area (Å²) in [5.74, 6) is -1.86. The number of halogens is 2. The molecule has 1 aromatic heterocycles. The molecule has 0 radical (unpaired) electrons. The van der Waals surface area contributed by atoms with Gasteiger partial charge in [-0.3, -0.25) is 0 Å². The number of ether oxygens (including phenoxy) is 1. The van der Waals surface area contributed by atoms with E-state index in [0.717, 1.165) is 19.4 Å². The summed E-state index contributed by atoms with van der Waals surface area (Å²) in [6.07, 6.45) is 2.99. The summed E-state index contributed by atoms with van der Waals surface area (Å²) in [4.78, 5) is 20.4. The molecule has 2 rings (SSSR count). The third kappa shape index (κ3) is 10.3. The van der Waals surface area contributed by atoms with Crippen molar-refractivity contribution in [2.45, 2.75) is 18.9 Å². The van der Waals surface area contributed by atoms with E-state index in [0.29, 0.717) is 27.9 Å². The van der Waals surface area contributed by atoms with Crippen LogP contribution in [0.5, 0.6) is 5.75 Å². The molecule has 6 nitrogen and oxygen atoms in total. The lowest BCUT2D eigenvalue weighted by Gasteiger charge is -2.19. The van der Waals surface area contributed by atoms with Crippen molar-refractivity contribution in [3.63, 3.8) is 0 Å². The van der Waals surface area contributed by atoms with E-state index in [2.05, 4.69) is 22.8 Å². The second-order valence-corrected chi connectivity index (χ2v) is 7.38. The molecule has 0 aliphatic rings. The molecule has 3 N–H and O–H groups in total. The first kappa shape index (κ1) is 24.0. The Morgan fingerprint density at radius 2 is 1.89 bits per heavy atom. The fourth-order valence-electron chi connectivity index (χ4n) is 2.05. The molecule has 0 bridgehead atoms. The SMILES string of the molecule is CNCCC(Cc1cccs1)Oc1cc(Cl)ccc1Cl.O=C(O)/C=C/C(=O)O. The fourth-order valence-corrected chi connectivity index (χ4v) is 3.15. The predicted molar refractivity (Wildman–Crippen MR) is 112 cm³/mol. The molecule has 1 unspecified atom stereocenters. The number of aliphatic carboxylic acids is 2. The minimum absolute atomic E-state index is 0.0806. The number of hydrogen-bond donors (Lipinski definition) is 3. The lowest BCUT2D eigenvalue weighted by atomic mass is 10.1. The molecule has 28 heavy (non-hydrogen) atoms. The second kappa shape index (κ2) is 13.2. The van der Waals surface area contributed by atoms with E-state index in [1.54, 1.807) is 29.5 Å². The maximum Gasteiger partial charge on any atom is 0.328 e. The monoisotopic (exact) mass is 445 g/mol. The summed E-state index contributed by atoms with van der Waals surface area (Å²) in [6.45, 7) is 0.897. The van der Waals surface area contributed by atoms with Gasteiger partial charge in [-0.15, -0.1) is 11.3 Å². The van der Waals surface area contributed by atoms with E-state index in [9.17, 15) is 9.59 Å². The van der Waals surface area contributed by atoms with Crippen LogP contribution >= 0.6 is 34.5 Å². The Balaban J connectivity index is 0.000000416. The average Bonchev–Trinajstić information content (AvgIpc) is 3.14. The molecule has 0 saturated heterocycles. The van der Waals surface area contributed by atoms with Gasteiger partial charge in [-0.2, -0.15) is 0 Å². The van der Waals surface area contributed by atoms with Crippen LogP contribution in [0.4, 0.5) is 0 Å². The molecule has 0 amide bonds. The molecule has 9 heteroatoms. The zero-order valence-electron chi connectivity index (χ0n) is 15.1. The molecule has 0 aliphatic heterocycles. The van der Waals surface area contributed by atoms with Crippen LogP contribution < -0.4 is 10.1 Å². The molecule has 0 saturated carbocycles. The smallest absolute Gasteiger partial charge is 0.328 e. The summed E-state index contributed by atoms with van der Waals surface area (Å²) in [6, 6.07) is 9.48. The second-order valence-electron chi connectivity index (χ2n) is 5.50. The van der Waals surface area contributed by atoms with Gasteiger partial charge in [0.05, 0.1) is 5.02 Å². The first-order valence-electron chi connectivity index (χ1n) is 8.24. The Hall–Kier alpha value is -2.06. The lowest BCUT2D eigenvalue weighted by Crippen LogP contribution is -2.24. The van der Waals surface area contributed by atoms with E-state index in [1.807, 2.05) is 7.05 Å². The first-order chi connectivity index (χ1) is 13.3. The van der Waals surface area contributed by atoms with Crippen molar-refractivity contribution in [1.82, 2.24) is 5.32 Å². The first-order valence-corrected chi connectivity index (χ1v) is 9.88. The summed E-state index contributed by atoms with van der Waals surface area (Å²) in [5.41, 5.74) is 0. The summed E-state index contributed by atoms with van der Waals surface area (Å²) in [7, 11) is 1.94. The van der Waals surface area contributed by atoms with Gasteiger partial charge in [0.15, 0.2) is 0 Å². The van der Waals surface area contributed by atoms with E-state index < -0.39 is 11.9 Å². The highest BCUT2D eigenvalue weighted by atomic mass is 35.5. The van der Waals surface area contributed by atoms with E-state index in [1.165, 1.54) is 4.88 Å². The van der Waals surface area contributed by atoms with Crippen molar-refractivity contribution in [3.8, 4) is 5.75 Å². The summed E-state index contributed by atoms with van der Waals surface area (Å²) in [5, 5.41) is 22.1. The number of nitrogens with one attached hydrogen (secondary N) is 1. The van der Waals surface area contributed by atoms with Crippen molar-refractivity contribution in [2.75, 3.05) is 13.6 Å². The molecule has 152 valence electrons. The molecular formula is C19H21Cl2NO5S. The van der Waals surface area contributed by atoms with Gasteiger partial charge in [0.25, 0.3) is 0 Å². The zero-order valence-corrected chi connectivity index (χ0v) is 17.4. The zero-order chi connectivity index (χ0) is 20.9.